The largest absolute Gasteiger partial charge is 0.366 e. The van der Waals surface area contributed by atoms with Gasteiger partial charge in [-0.25, -0.2) is 0 Å². The van der Waals surface area contributed by atoms with Gasteiger partial charge in [-0.3, -0.25) is 14.9 Å². The molecule has 2 N–H and O–H groups in total. The van der Waals surface area contributed by atoms with Crippen LogP contribution in [0.3, 0.4) is 0 Å². The third-order valence-corrected chi connectivity index (χ3v) is 3.90. The molecule has 1 unspecified atom stereocenters. The second-order valence-electron chi connectivity index (χ2n) is 4.99. The van der Waals surface area contributed by atoms with Crippen LogP contribution in [-0.2, 0) is 0 Å². The summed E-state index contributed by atoms with van der Waals surface area (Å²) in [6, 6.07) is 2.78. The number of hydrogen-bond donors (Lipinski definition) is 1. The van der Waals surface area contributed by atoms with Crippen LogP contribution in [0.25, 0.3) is 0 Å². The van der Waals surface area contributed by atoms with Crippen LogP contribution >= 0.6 is 11.6 Å². The first kappa shape index (κ1) is 14.6. The van der Waals surface area contributed by atoms with Gasteiger partial charge >= 0.3 is 0 Å². The second kappa shape index (κ2) is 5.66. The zero-order chi connectivity index (χ0) is 14.9. The topological polar surface area (TPSA) is 89.5 Å². The summed E-state index contributed by atoms with van der Waals surface area (Å²) in [5, 5.41) is 11.5. The molecule has 108 valence electrons. The summed E-state index contributed by atoms with van der Waals surface area (Å²) in [6.45, 7) is 2.73. The van der Waals surface area contributed by atoms with Crippen molar-refractivity contribution in [3.8, 4) is 0 Å². The number of anilines is 1. The highest BCUT2D eigenvalue weighted by Crippen LogP contribution is 2.39. The van der Waals surface area contributed by atoms with Gasteiger partial charge in [0.05, 0.1) is 9.95 Å². The van der Waals surface area contributed by atoms with E-state index in [4.69, 9.17) is 17.3 Å². The van der Waals surface area contributed by atoms with Gasteiger partial charge in [0.25, 0.3) is 5.69 Å². The molecular formula is C13H16ClN3O3. The highest BCUT2D eigenvalue weighted by Gasteiger charge is 2.29. The Morgan fingerprint density at radius 1 is 1.50 bits per heavy atom. The van der Waals surface area contributed by atoms with E-state index in [0.717, 1.165) is 25.8 Å². The second-order valence-corrected chi connectivity index (χ2v) is 5.39. The van der Waals surface area contributed by atoms with Gasteiger partial charge in [-0.1, -0.05) is 11.6 Å². The average Bonchev–Trinajstić information content (AvgIpc) is 2.38. The summed E-state index contributed by atoms with van der Waals surface area (Å²) < 4.78 is 0. The molecule has 1 fully saturated rings. The maximum Gasteiger partial charge on any atom is 0.294 e. The molecule has 1 aliphatic rings. The fraction of sp³-hybridized carbons (Fsp3) is 0.462. The van der Waals surface area contributed by atoms with E-state index < -0.39 is 10.8 Å². The van der Waals surface area contributed by atoms with Crippen molar-refractivity contribution < 1.29 is 9.72 Å². The van der Waals surface area contributed by atoms with E-state index in [0.29, 0.717) is 5.69 Å². The van der Waals surface area contributed by atoms with Crippen LogP contribution < -0.4 is 10.6 Å². The van der Waals surface area contributed by atoms with E-state index in [1.54, 1.807) is 0 Å². The molecule has 0 spiro atoms. The number of piperidine rings is 1. The number of nitro groups is 1. The first-order chi connectivity index (χ1) is 9.41. The molecule has 2 rings (SSSR count). The molecule has 1 aromatic carbocycles. The van der Waals surface area contributed by atoms with Crippen LogP contribution in [0.1, 0.15) is 36.5 Å². The summed E-state index contributed by atoms with van der Waals surface area (Å²) in [6.07, 6.45) is 3.03. The number of carbonyl (C=O) groups is 1. The van der Waals surface area contributed by atoms with E-state index >= 15 is 0 Å². The molecule has 20 heavy (non-hydrogen) atoms. The van der Waals surface area contributed by atoms with Gasteiger partial charge in [-0.2, -0.15) is 0 Å². The van der Waals surface area contributed by atoms with Crippen molar-refractivity contribution in [1.82, 2.24) is 0 Å². The summed E-state index contributed by atoms with van der Waals surface area (Å²) in [7, 11) is 0. The number of halogens is 1. The van der Waals surface area contributed by atoms with Crippen molar-refractivity contribution in [3.63, 3.8) is 0 Å². The van der Waals surface area contributed by atoms with E-state index in [1.165, 1.54) is 12.1 Å². The molecule has 0 aromatic heterocycles. The first-order valence-corrected chi connectivity index (χ1v) is 6.84. The molecule has 0 saturated carbocycles. The maximum absolute atomic E-state index is 11.3. The van der Waals surface area contributed by atoms with E-state index in [2.05, 4.69) is 0 Å². The minimum Gasteiger partial charge on any atom is -0.366 e. The van der Waals surface area contributed by atoms with E-state index in [9.17, 15) is 14.9 Å². The predicted molar refractivity (Wildman–Crippen MR) is 77.3 cm³/mol. The van der Waals surface area contributed by atoms with Crippen molar-refractivity contribution in [2.24, 2.45) is 5.73 Å². The fourth-order valence-corrected chi connectivity index (χ4v) is 2.90. The van der Waals surface area contributed by atoms with Crippen LogP contribution in [0, 0.1) is 10.1 Å². The number of rotatable bonds is 3. The average molecular weight is 298 g/mol. The smallest absolute Gasteiger partial charge is 0.294 e. The number of nitrogens with two attached hydrogens (primary N) is 1. The number of primary amides is 1. The highest BCUT2D eigenvalue weighted by molar-refractivity contribution is 6.34. The number of hydrogen-bond acceptors (Lipinski definition) is 4. The Kier molecular flexibility index (Phi) is 4.13. The Bertz CT molecular complexity index is 562. The minimum absolute atomic E-state index is 0.0510. The Balaban J connectivity index is 2.56. The molecule has 0 bridgehead atoms. The van der Waals surface area contributed by atoms with Gasteiger partial charge in [0.2, 0.25) is 5.91 Å². The monoisotopic (exact) mass is 297 g/mol. The van der Waals surface area contributed by atoms with Gasteiger partial charge in [-0.15, -0.1) is 0 Å². The zero-order valence-corrected chi connectivity index (χ0v) is 11.9. The predicted octanol–water partition coefficient (Wildman–Crippen LogP) is 2.73. The number of nitrogens with zero attached hydrogens (tertiary/aromatic N) is 2. The molecule has 7 heteroatoms. The van der Waals surface area contributed by atoms with Crippen LogP contribution in [-0.4, -0.2) is 23.4 Å². The molecule has 1 amide bonds. The zero-order valence-electron chi connectivity index (χ0n) is 11.1. The van der Waals surface area contributed by atoms with Crippen LogP contribution in [0.2, 0.25) is 5.02 Å². The van der Waals surface area contributed by atoms with Crippen molar-refractivity contribution in [2.45, 2.75) is 32.2 Å². The molecule has 0 aliphatic carbocycles. The van der Waals surface area contributed by atoms with Crippen LogP contribution in [0.5, 0.6) is 0 Å². The minimum atomic E-state index is -0.728. The number of carbonyl (C=O) groups excluding carboxylic acids is 1. The molecule has 1 aliphatic heterocycles. The first-order valence-electron chi connectivity index (χ1n) is 6.46. The Morgan fingerprint density at radius 3 is 2.75 bits per heavy atom. The number of nitro benzene ring substituents is 1. The van der Waals surface area contributed by atoms with Gasteiger partial charge in [0.1, 0.15) is 5.69 Å². The molecule has 0 radical (unpaired) electrons. The molecular weight excluding hydrogens is 282 g/mol. The summed E-state index contributed by atoms with van der Waals surface area (Å²) in [5.74, 6) is -0.728. The fourth-order valence-electron chi connectivity index (χ4n) is 2.58. The molecule has 1 saturated heterocycles. The lowest BCUT2D eigenvalue weighted by Gasteiger charge is -2.35. The summed E-state index contributed by atoms with van der Waals surface area (Å²) >= 11 is 6.17. The molecule has 6 nitrogen and oxygen atoms in total. The lowest BCUT2D eigenvalue weighted by Crippen LogP contribution is -2.38. The maximum atomic E-state index is 11.3. The Morgan fingerprint density at radius 2 is 2.20 bits per heavy atom. The number of benzene rings is 1. The van der Waals surface area contributed by atoms with Crippen molar-refractivity contribution in [3.05, 3.63) is 32.8 Å². The van der Waals surface area contributed by atoms with Gasteiger partial charge in [-0.05, 0) is 32.3 Å². The van der Waals surface area contributed by atoms with Gasteiger partial charge in [0.15, 0.2) is 0 Å². The van der Waals surface area contributed by atoms with Gasteiger partial charge < -0.3 is 10.6 Å². The van der Waals surface area contributed by atoms with Crippen LogP contribution in [0.4, 0.5) is 11.4 Å². The third-order valence-electron chi connectivity index (χ3n) is 3.61. The van der Waals surface area contributed by atoms with Crippen LogP contribution in [0.15, 0.2) is 12.1 Å². The van der Waals surface area contributed by atoms with Crippen molar-refractivity contribution in [2.75, 3.05) is 11.4 Å². The van der Waals surface area contributed by atoms with E-state index in [1.807, 2.05) is 11.8 Å². The summed E-state index contributed by atoms with van der Waals surface area (Å²) in [5.41, 5.74) is 5.44. The van der Waals surface area contributed by atoms with Crippen molar-refractivity contribution in [1.29, 1.82) is 0 Å². The molecule has 1 heterocycles. The Hall–Kier alpha value is -1.82. The number of amides is 1. The van der Waals surface area contributed by atoms with Gasteiger partial charge in [0, 0.05) is 24.2 Å². The Labute approximate surface area is 121 Å². The molecule has 1 atom stereocenters. The lowest BCUT2D eigenvalue weighted by atomic mass is 10.0. The quantitative estimate of drug-likeness (QED) is 0.686. The molecule has 1 aromatic rings. The SMILES string of the molecule is CC1CCCCN1c1c(Cl)cc(C(N)=O)cc1[N+](=O)[O-]. The van der Waals surface area contributed by atoms with E-state index in [-0.39, 0.29) is 22.3 Å². The normalized spacial score (nSPS) is 18.9. The third kappa shape index (κ3) is 2.70. The van der Waals surface area contributed by atoms with Crippen molar-refractivity contribution >= 4 is 28.9 Å². The lowest BCUT2D eigenvalue weighted by molar-refractivity contribution is -0.384. The highest BCUT2D eigenvalue weighted by atomic mass is 35.5. The standard InChI is InChI=1S/C13H16ClN3O3/c1-8-4-2-3-5-16(8)12-10(14)6-9(13(15)18)7-11(12)17(19)20/h6-8H,2-5H2,1H3,(H2,15,18). The summed E-state index contributed by atoms with van der Waals surface area (Å²) in [4.78, 5) is 23.9.